The van der Waals surface area contributed by atoms with Crippen molar-refractivity contribution in [1.82, 2.24) is 14.7 Å². The van der Waals surface area contributed by atoms with Crippen LogP contribution in [0.3, 0.4) is 0 Å². The Kier molecular flexibility index (Phi) is 8.38. The Hall–Kier alpha value is -3.25. The van der Waals surface area contributed by atoms with E-state index in [1.165, 1.54) is 5.56 Å². The van der Waals surface area contributed by atoms with Gasteiger partial charge in [-0.15, -0.1) is 0 Å². The highest BCUT2D eigenvalue weighted by Gasteiger charge is 2.46. The van der Waals surface area contributed by atoms with E-state index in [2.05, 4.69) is 35.2 Å². The standard InChI is InChI=1S/C30H37N5O3/c31-15-13-26(29(36)34-17-18-38-21-28(34)23-9-5-2-6-10-23)33-16-14-25(12-11-22-7-3-1-4-8-22)35-20-24(32)19-27(35)30(33)37/h1-10,24-28H,11-14,16-21,32H2/t24-,25?,26-,27+,28-/m1/s1. The summed E-state index contributed by atoms with van der Waals surface area (Å²) in [5, 5.41) is 9.73. The summed E-state index contributed by atoms with van der Waals surface area (Å²) in [5.74, 6) is -0.244. The van der Waals surface area contributed by atoms with Crippen molar-refractivity contribution in [3.8, 4) is 6.07 Å². The molecule has 0 aromatic heterocycles. The van der Waals surface area contributed by atoms with Gasteiger partial charge in [0.05, 0.1) is 37.8 Å². The number of carbonyl (C=O) groups is 2. The first-order valence-corrected chi connectivity index (χ1v) is 13.7. The van der Waals surface area contributed by atoms with Gasteiger partial charge in [-0.3, -0.25) is 14.5 Å². The molecule has 2 N–H and O–H groups in total. The smallest absolute Gasteiger partial charge is 0.247 e. The van der Waals surface area contributed by atoms with Crippen LogP contribution in [0.15, 0.2) is 60.7 Å². The minimum absolute atomic E-state index is 0.0309. The lowest BCUT2D eigenvalue weighted by atomic mass is 10.0. The van der Waals surface area contributed by atoms with Crippen LogP contribution in [-0.4, -0.2) is 83.5 Å². The topological polar surface area (TPSA) is 103 Å². The molecule has 3 saturated heterocycles. The van der Waals surface area contributed by atoms with E-state index in [0.717, 1.165) is 24.8 Å². The quantitative estimate of drug-likeness (QED) is 0.608. The van der Waals surface area contributed by atoms with Gasteiger partial charge in [-0.25, -0.2) is 0 Å². The van der Waals surface area contributed by atoms with E-state index >= 15 is 0 Å². The molecule has 0 radical (unpaired) electrons. The first-order valence-electron chi connectivity index (χ1n) is 13.7. The Labute approximate surface area is 224 Å². The van der Waals surface area contributed by atoms with Crippen LogP contribution in [0.4, 0.5) is 0 Å². The van der Waals surface area contributed by atoms with Gasteiger partial charge in [0.25, 0.3) is 0 Å². The van der Waals surface area contributed by atoms with Gasteiger partial charge in [0.1, 0.15) is 6.04 Å². The monoisotopic (exact) mass is 515 g/mol. The second kappa shape index (κ2) is 12.1. The minimum atomic E-state index is -0.816. The van der Waals surface area contributed by atoms with Crippen molar-refractivity contribution in [3.63, 3.8) is 0 Å². The van der Waals surface area contributed by atoms with Gasteiger partial charge in [-0.1, -0.05) is 60.7 Å². The molecule has 2 aromatic carbocycles. The van der Waals surface area contributed by atoms with Crippen molar-refractivity contribution in [2.75, 3.05) is 32.8 Å². The second-order valence-electron chi connectivity index (χ2n) is 10.6. The fourth-order valence-electron chi connectivity index (χ4n) is 6.32. The summed E-state index contributed by atoms with van der Waals surface area (Å²) in [6.45, 7) is 2.41. The predicted octanol–water partition coefficient (Wildman–Crippen LogP) is 2.50. The molecule has 3 heterocycles. The van der Waals surface area contributed by atoms with Crippen LogP contribution in [0.1, 0.15) is 42.9 Å². The zero-order valence-electron chi connectivity index (χ0n) is 21.8. The van der Waals surface area contributed by atoms with Gasteiger partial charge in [0.15, 0.2) is 0 Å². The third-order valence-corrected chi connectivity index (χ3v) is 8.26. The Balaban J connectivity index is 1.38. The van der Waals surface area contributed by atoms with Crippen molar-refractivity contribution in [1.29, 1.82) is 5.26 Å². The number of carbonyl (C=O) groups excluding carboxylic acids is 2. The highest BCUT2D eigenvalue weighted by molar-refractivity contribution is 5.91. The number of fused-ring (bicyclic) bond motifs is 1. The number of rotatable bonds is 7. The first kappa shape index (κ1) is 26.4. The summed E-state index contributed by atoms with van der Waals surface area (Å²) in [6.07, 6.45) is 3.14. The van der Waals surface area contributed by atoms with Gasteiger partial charge in [0.2, 0.25) is 11.8 Å². The lowest BCUT2D eigenvalue weighted by Crippen LogP contribution is -2.56. The maximum atomic E-state index is 14.1. The SMILES string of the molecule is N#CC[C@H](C(=O)N1CCOC[C@@H]1c1ccccc1)N1CCC(CCc2ccccc2)N2C[C@H](N)C[C@H]2C1=O. The van der Waals surface area contributed by atoms with Crippen LogP contribution in [0, 0.1) is 11.3 Å². The van der Waals surface area contributed by atoms with Gasteiger partial charge in [-0.2, -0.15) is 5.26 Å². The summed E-state index contributed by atoms with van der Waals surface area (Å²) in [5.41, 5.74) is 8.63. The lowest BCUT2D eigenvalue weighted by molar-refractivity contribution is -0.152. The van der Waals surface area contributed by atoms with Crippen molar-refractivity contribution in [2.24, 2.45) is 5.73 Å². The summed E-state index contributed by atoms with van der Waals surface area (Å²) in [6, 6.07) is 21.1. The molecule has 1 unspecified atom stereocenters. The number of nitrogens with zero attached hydrogens (tertiary/aromatic N) is 4. The molecule has 3 aliphatic rings. The third-order valence-electron chi connectivity index (χ3n) is 8.26. The molecule has 0 spiro atoms. The molecule has 200 valence electrons. The highest BCUT2D eigenvalue weighted by Crippen LogP contribution is 2.32. The molecular formula is C30H37N5O3. The molecule has 3 aliphatic heterocycles. The average molecular weight is 516 g/mol. The molecule has 2 aromatic rings. The van der Waals surface area contributed by atoms with E-state index < -0.39 is 6.04 Å². The Bertz CT molecular complexity index is 1140. The van der Waals surface area contributed by atoms with E-state index in [0.29, 0.717) is 39.3 Å². The van der Waals surface area contributed by atoms with Crippen molar-refractivity contribution < 1.29 is 14.3 Å². The second-order valence-corrected chi connectivity index (χ2v) is 10.6. The summed E-state index contributed by atoms with van der Waals surface area (Å²) in [4.78, 5) is 33.8. The zero-order chi connectivity index (χ0) is 26.5. The van der Waals surface area contributed by atoms with E-state index in [4.69, 9.17) is 10.5 Å². The number of benzene rings is 2. The molecule has 8 heteroatoms. The third kappa shape index (κ3) is 5.60. The number of hydrogen-bond donors (Lipinski definition) is 1. The Morgan fingerprint density at radius 1 is 1.08 bits per heavy atom. The number of hydrogen-bond acceptors (Lipinski definition) is 6. The molecule has 38 heavy (non-hydrogen) atoms. The van der Waals surface area contributed by atoms with Crippen LogP contribution in [0.25, 0.3) is 0 Å². The average Bonchev–Trinajstić information content (AvgIpc) is 3.30. The molecule has 5 rings (SSSR count). The van der Waals surface area contributed by atoms with Gasteiger partial charge in [0, 0.05) is 31.7 Å². The van der Waals surface area contributed by atoms with Crippen molar-refractivity contribution in [2.45, 2.75) is 62.3 Å². The lowest BCUT2D eigenvalue weighted by Gasteiger charge is -2.40. The van der Waals surface area contributed by atoms with E-state index in [-0.39, 0.29) is 42.4 Å². The molecular weight excluding hydrogens is 478 g/mol. The summed E-state index contributed by atoms with van der Waals surface area (Å²) < 4.78 is 5.73. The number of ether oxygens (including phenoxy) is 1. The maximum absolute atomic E-state index is 14.1. The minimum Gasteiger partial charge on any atom is -0.377 e. The number of nitriles is 1. The summed E-state index contributed by atoms with van der Waals surface area (Å²) in [7, 11) is 0. The largest absolute Gasteiger partial charge is 0.377 e. The molecule has 0 bridgehead atoms. The van der Waals surface area contributed by atoms with E-state index in [1.54, 1.807) is 4.90 Å². The van der Waals surface area contributed by atoms with Crippen LogP contribution in [-0.2, 0) is 20.7 Å². The van der Waals surface area contributed by atoms with Crippen LogP contribution in [0.2, 0.25) is 0 Å². The maximum Gasteiger partial charge on any atom is 0.247 e. The molecule has 2 amide bonds. The van der Waals surface area contributed by atoms with Gasteiger partial charge >= 0.3 is 0 Å². The van der Waals surface area contributed by atoms with Gasteiger partial charge in [-0.05, 0) is 36.8 Å². The molecule has 0 saturated carbocycles. The fourth-order valence-corrected chi connectivity index (χ4v) is 6.32. The molecule has 5 atom stereocenters. The van der Waals surface area contributed by atoms with Crippen molar-refractivity contribution >= 4 is 11.8 Å². The van der Waals surface area contributed by atoms with E-state index in [1.807, 2.05) is 41.3 Å². The van der Waals surface area contributed by atoms with Crippen LogP contribution in [0.5, 0.6) is 0 Å². The number of amides is 2. The van der Waals surface area contributed by atoms with Gasteiger partial charge < -0.3 is 20.3 Å². The number of morpholine rings is 1. The molecule has 0 aliphatic carbocycles. The fraction of sp³-hybridized carbons (Fsp3) is 0.500. The highest BCUT2D eigenvalue weighted by atomic mass is 16.5. The Morgan fingerprint density at radius 2 is 1.82 bits per heavy atom. The van der Waals surface area contributed by atoms with Crippen LogP contribution < -0.4 is 5.73 Å². The first-order chi connectivity index (χ1) is 18.6. The van der Waals surface area contributed by atoms with Crippen LogP contribution >= 0.6 is 0 Å². The molecule has 8 nitrogen and oxygen atoms in total. The Morgan fingerprint density at radius 3 is 2.55 bits per heavy atom. The number of aryl methyl sites for hydroxylation is 1. The molecule has 3 fully saturated rings. The number of nitrogens with two attached hydrogens (primary N) is 1. The predicted molar refractivity (Wildman–Crippen MR) is 144 cm³/mol. The van der Waals surface area contributed by atoms with Crippen molar-refractivity contribution in [3.05, 3.63) is 71.8 Å². The van der Waals surface area contributed by atoms with E-state index in [9.17, 15) is 14.9 Å². The normalized spacial score (nSPS) is 26.9. The zero-order valence-corrected chi connectivity index (χ0v) is 21.8. The summed E-state index contributed by atoms with van der Waals surface area (Å²) >= 11 is 0.